The highest BCUT2D eigenvalue weighted by Gasteiger charge is 2.15. The quantitative estimate of drug-likeness (QED) is 0.857. The van der Waals surface area contributed by atoms with Gasteiger partial charge in [-0.1, -0.05) is 6.92 Å². The summed E-state index contributed by atoms with van der Waals surface area (Å²) in [6.07, 6.45) is 2.35. The molecule has 0 aliphatic rings. The van der Waals surface area contributed by atoms with E-state index in [2.05, 4.69) is 4.98 Å². The van der Waals surface area contributed by atoms with Crippen LogP contribution in [-0.2, 0) is 6.54 Å². The smallest absolute Gasteiger partial charge is 0.194 e. The van der Waals surface area contributed by atoms with E-state index in [4.69, 9.17) is 5.73 Å². The fraction of sp³-hybridized carbons (Fsp3) is 0.250. The minimum absolute atomic E-state index is 0.124. The summed E-state index contributed by atoms with van der Waals surface area (Å²) >= 11 is 0. The molecule has 0 unspecified atom stereocenters. The molecule has 0 fully saturated rings. The van der Waals surface area contributed by atoms with Gasteiger partial charge in [0.2, 0.25) is 0 Å². The van der Waals surface area contributed by atoms with E-state index >= 15 is 0 Å². The van der Waals surface area contributed by atoms with Crippen LogP contribution in [0.4, 0.5) is 19.0 Å². The van der Waals surface area contributed by atoms with Crippen molar-refractivity contribution in [2.24, 2.45) is 0 Å². The molecule has 3 nitrogen and oxygen atoms in total. The Hall–Kier alpha value is -1.98. The first-order chi connectivity index (χ1) is 8.54. The third-order valence-electron chi connectivity index (χ3n) is 2.60. The molecule has 0 aliphatic carbocycles. The minimum Gasteiger partial charge on any atom is -0.383 e. The van der Waals surface area contributed by atoms with Gasteiger partial charge in [-0.25, -0.2) is 18.2 Å². The van der Waals surface area contributed by atoms with Gasteiger partial charge in [0.25, 0.3) is 0 Å². The zero-order valence-electron chi connectivity index (χ0n) is 9.75. The number of aromatic nitrogens is 2. The molecule has 1 aromatic carbocycles. The maximum Gasteiger partial charge on any atom is 0.194 e. The van der Waals surface area contributed by atoms with Crippen LogP contribution in [0.25, 0.3) is 11.3 Å². The standard InChI is InChI=1S/C12H12F3N3/c1-2-3-18-6-17-11(12(18)16)7-4-8(13)10(15)9(14)5-7/h4-6H,2-3,16H2,1H3. The predicted molar refractivity (Wildman–Crippen MR) is 62.2 cm³/mol. The lowest BCUT2D eigenvalue weighted by Crippen LogP contribution is -2.01. The molecule has 1 heterocycles. The summed E-state index contributed by atoms with van der Waals surface area (Å²) in [4.78, 5) is 4.00. The second-order valence-corrected chi connectivity index (χ2v) is 3.93. The molecule has 1 aromatic heterocycles. The Morgan fingerprint density at radius 2 is 1.83 bits per heavy atom. The summed E-state index contributed by atoms with van der Waals surface area (Å²) in [5.74, 6) is -3.70. The summed E-state index contributed by atoms with van der Waals surface area (Å²) in [6, 6.07) is 1.76. The number of halogens is 3. The van der Waals surface area contributed by atoms with E-state index < -0.39 is 17.5 Å². The van der Waals surface area contributed by atoms with Crippen LogP contribution in [0.3, 0.4) is 0 Å². The first-order valence-corrected chi connectivity index (χ1v) is 5.50. The number of benzene rings is 1. The lowest BCUT2D eigenvalue weighted by molar-refractivity contribution is 0.447. The molecular weight excluding hydrogens is 243 g/mol. The Morgan fingerprint density at radius 1 is 1.22 bits per heavy atom. The molecule has 0 saturated carbocycles. The Labute approximate surface area is 102 Å². The molecule has 2 aromatic rings. The van der Waals surface area contributed by atoms with Gasteiger partial charge in [0.1, 0.15) is 11.5 Å². The zero-order valence-corrected chi connectivity index (χ0v) is 9.75. The number of imidazole rings is 1. The first kappa shape index (κ1) is 12.5. The highest BCUT2D eigenvalue weighted by Crippen LogP contribution is 2.27. The van der Waals surface area contributed by atoms with Gasteiger partial charge >= 0.3 is 0 Å². The van der Waals surface area contributed by atoms with Gasteiger partial charge in [0, 0.05) is 12.1 Å². The monoisotopic (exact) mass is 255 g/mol. The highest BCUT2D eigenvalue weighted by atomic mass is 19.2. The Balaban J connectivity index is 2.49. The van der Waals surface area contributed by atoms with Crippen molar-refractivity contribution in [3.63, 3.8) is 0 Å². The fourth-order valence-electron chi connectivity index (χ4n) is 1.73. The van der Waals surface area contributed by atoms with E-state index in [0.29, 0.717) is 12.4 Å². The van der Waals surface area contributed by atoms with Crippen molar-refractivity contribution in [3.05, 3.63) is 35.9 Å². The molecule has 0 bridgehead atoms. The highest BCUT2D eigenvalue weighted by molar-refractivity contribution is 5.70. The topological polar surface area (TPSA) is 43.8 Å². The third kappa shape index (κ3) is 2.05. The van der Waals surface area contributed by atoms with Crippen LogP contribution >= 0.6 is 0 Å². The van der Waals surface area contributed by atoms with Crippen molar-refractivity contribution < 1.29 is 13.2 Å². The van der Waals surface area contributed by atoms with Crippen molar-refractivity contribution in [2.45, 2.75) is 19.9 Å². The second kappa shape index (κ2) is 4.72. The van der Waals surface area contributed by atoms with Crippen LogP contribution in [0.5, 0.6) is 0 Å². The van der Waals surface area contributed by atoms with Gasteiger partial charge in [0.15, 0.2) is 17.5 Å². The molecular formula is C12H12F3N3. The second-order valence-electron chi connectivity index (χ2n) is 3.93. The molecule has 96 valence electrons. The van der Waals surface area contributed by atoms with E-state index in [1.54, 1.807) is 4.57 Å². The van der Waals surface area contributed by atoms with E-state index in [0.717, 1.165) is 18.6 Å². The molecule has 0 aliphatic heterocycles. The predicted octanol–water partition coefficient (Wildman–Crippen LogP) is 2.96. The molecule has 0 saturated heterocycles. The number of hydrogen-bond acceptors (Lipinski definition) is 2. The van der Waals surface area contributed by atoms with Crippen LogP contribution in [0.2, 0.25) is 0 Å². The Kier molecular flexibility index (Phi) is 3.27. The molecule has 2 N–H and O–H groups in total. The molecule has 0 atom stereocenters. The molecule has 0 radical (unpaired) electrons. The number of hydrogen-bond donors (Lipinski definition) is 1. The van der Waals surface area contributed by atoms with Gasteiger partial charge in [-0.2, -0.15) is 0 Å². The van der Waals surface area contributed by atoms with Crippen molar-refractivity contribution in [3.8, 4) is 11.3 Å². The van der Waals surface area contributed by atoms with Crippen LogP contribution < -0.4 is 5.73 Å². The van der Waals surface area contributed by atoms with Crippen LogP contribution in [-0.4, -0.2) is 9.55 Å². The zero-order chi connectivity index (χ0) is 13.3. The normalized spacial score (nSPS) is 10.9. The summed E-state index contributed by atoms with van der Waals surface area (Å²) < 4.78 is 40.8. The molecule has 18 heavy (non-hydrogen) atoms. The van der Waals surface area contributed by atoms with Gasteiger partial charge in [-0.05, 0) is 18.6 Å². The number of nitrogens with two attached hydrogens (primary N) is 1. The molecule has 6 heteroatoms. The lowest BCUT2D eigenvalue weighted by Gasteiger charge is -2.04. The summed E-state index contributed by atoms with van der Waals surface area (Å²) in [5.41, 5.74) is 6.20. The van der Waals surface area contributed by atoms with Crippen molar-refractivity contribution in [2.75, 3.05) is 5.73 Å². The molecule has 0 amide bonds. The minimum atomic E-state index is -1.50. The summed E-state index contributed by atoms with van der Waals surface area (Å²) in [6.45, 7) is 2.63. The van der Waals surface area contributed by atoms with E-state index in [1.807, 2.05) is 6.92 Å². The van der Waals surface area contributed by atoms with Crippen molar-refractivity contribution in [1.82, 2.24) is 9.55 Å². The van der Waals surface area contributed by atoms with Gasteiger partial charge in [-0.15, -0.1) is 0 Å². The number of nitrogen functional groups attached to an aromatic ring is 1. The van der Waals surface area contributed by atoms with Crippen molar-refractivity contribution >= 4 is 5.82 Å². The maximum absolute atomic E-state index is 13.1. The summed E-state index contributed by atoms with van der Waals surface area (Å²) in [5, 5.41) is 0. The van der Waals surface area contributed by atoms with Gasteiger partial charge in [0.05, 0.1) is 6.33 Å². The average Bonchev–Trinajstić information content (AvgIpc) is 2.68. The van der Waals surface area contributed by atoms with Crippen LogP contribution in [0.1, 0.15) is 13.3 Å². The molecule has 0 spiro atoms. The van der Waals surface area contributed by atoms with Crippen molar-refractivity contribution in [1.29, 1.82) is 0 Å². The fourth-order valence-corrected chi connectivity index (χ4v) is 1.73. The molecule has 2 rings (SSSR count). The van der Waals surface area contributed by atoms with Gasteiger partial charge in [-0.3, -0.25) is 0 Å². The van der Waals surface area contributed by atoms with E-state index in [1.165, 1.54) is 6.33 Å². The van der Waals surface area contributed by atoms with E-state index in [-0.39, 0.29) is 11.3 Å². The van der Waals surface area contributed by atoms with Gasteiger partial charge < -0.3 is 10.3 Å². The van der Waals surface area contributed by atoms with E-state index in [9.17, 15) is 13.2 Å². The lowest BCUT2D eigenvalue weighted by atomic mass is 10.1. The number of nitrogens with zero attached hydrogens (tertiary/aromatic N) is 2. The SMILES string of the molecule is CCCn1cnc(-c2cc(F)c(F)c(F)c2)c1N. The first-order valence-electron chi connectivity index (χ1n) is 5.50. The number of rotatable bonds is 3. The van der Waals surface area contributed by atoms with Crippen LogP contribution in [0, 0.1) is 17.5 Å². The Morgan fingerprint density at radius 3 is 2.39 bits per heavy atom. The Bertz CT molecular complexity index is 555. The maximum atomic E-state index is 13.1. The van der Waals surface area contributed by atoms with Crippen LogP contribution in [0.15, 0.2) is 18.5 Å². The number of aryl methyl sites for hydroxylation is 1. The number of anilines is 1. The average molecular weight is 255 g/mol. The summed E-state index contributed by atoms with van der Waals surface area (Å²) in [7, 11) is 0. The third-order valence-corrected chi connectivity index (χ3v) is 2.60. The largest absolute Gasteiger partial charge is 0.383 e.